The van der Waals surface area contributed by atoms with Crippen LogP contribution >= 0.6 is 0 Å². The van der Waals surface area contributed by atoms with Crippen molar-refractivity contribution < 1.29 is 0 Å². The Morgan fingerprint density at radius 1 is 1.21 bits per heavy atom. The summed E-state index contributed by atoms with van der Waals surface area (Å²) < 4.78 is 0. The van der Waals surface area contributed by atoms with Gasteiger partial charge in [0.05, 0.1) is 0 Å². The summed E-state index contributed by atoms with van der Waals surface area (Å²) >= 11 is 0. The van der Waals surface area contributed by atoms with E-state index in [4.69, 9.17) is 5.73 Å². The monoisotopic (exact) mass is 187 g/mol. The first-order valence-electron chi connectivity index (χ1n) is 5.29. The molecule has 0 amide bonds. The van der Waals surface area contributed by atoms with Crippen LogP contribution in [0.3, 0.4) is 0 Å². The summed E-state index contributed by atoms with van der Waals surface area (Å²) in [5.41, 5.74) is 9.99. The van der Waals surface area contributed by atoms with Crippen LogP contribution in [0.2, 0.25) is 0 Å². The van der Waals surface area contributed by atoms with E-state index in [1.54, 1.807) is 0 Å². The first-order valence-corrected chi connectivity index (χ1v) is 5.29. The Morgan fingerprint density at radius 2 is 1.93 bits per heavy atom. The highest BCUT2D eigenvalue weighted by atomic mass is 14.6. The molecule has 74 valence electrons. The molecule has 0 saturated heterocycles. The Bertz CT molecular complexity index is 335. The largest absolute Gasteiger partial charge is 0.324 e. The Labute approximate surface area is 85.6 Å². The molecule has 1 aliphatic rings. The van der Waals surface area contributed by atoms with Crippen LogP contribution in [-0.2, 0) is 0 Å². The number of hydrogen-bond donors (Lipinski definition) is 1. The molecule has 14 heavy (non-hydrogen) atoms. The Kier molecular flexibility index (Phi) is 2.69. The third kappa shape index (κ3) is 2.05. The van der Waals surface area contributed by atoms with E-state index >= 15 is 0 Å². The molecule has 0 saturated carbocycles. The first kappa shape index (κ1) is 9.47. The van der Waals surface area contributed by atoms with Gasteiger partial charge in [0.25, 0.3) is 0 Å². The smallest absolute Gasteiger partial charge is 0.0229 e. The second kappa shape index (κ2) is 3.97. The van der Waals surface area contributed by atoms with Gasteiger partial charge in [0, 0.05) is 6.04 Å². The summed E-state index contributed by atoms with van der Waals surface area (Å²) in [5, 5.41) is 0. The van der Waals surface area contributed by atoms with Crippen molar-refractivity contribution in [1.82, 2.24) is 0 Å². The first-order chi connectivity index (χ1) is 6.75. The van der Waals surface area contributed by atoms with Crippen molar-refractivity contribution in [2.45, 2.75) is 32.2 Å². The van der Waals surface area contributed by atoms with E-state index in [0.717, 1.165) is 6.42 Å². The summed E-state index contributed by atoms with van der Waals surface area (Å²) in [6.07, 6.45) is 5.75. The van der Waals surface area contributed by atoms with Crippen LogP contribution in [0, 0.1) is 6.92 Å². The summed E-state index contributed by atoms with van der Waals surface area (Å²) in [5.74, 6) is 0. The average molecular weight is 187 g/mol. The number of allylic oxidation sites excluding steroid dienone is 1. The molecular formula is C13H17N. The van der Waals surface area contributed by atoms with Gasteiger partial charge in [0.2, 0.25) is 0 Å². The third-order valence-electron chi connectivity index (χ3n) is 2.82. The Balaban J connectivity index is 2.26. The summed E-state index contributed by atoms with van der Waals surface area (Å²) in [6.45, 7) is 2.12. The van der Waals surface area contributed by atoms with Crippen LogP contribution in [0.25, 0.3) is 5.57 Å². The molecule has 0 fully saturated rings. The average Bonchev–Trinajstić information content (AvgIpc) is 2.19. The van der Waals surface area contributed by atoms with Crippen LogP contribution < -0.4 is 5.73 Å². The SMILES string of the molecule is Cc1ccc(C2=CC(N)CCC2)cc1. The Hall–Kier alpha value is -1.08. The van der Waals surface area contributed by atoms with Gasteiger partial charge >= 0.3 is 0 Å². The number of aryl methyl sites for hydroxylation is 1. The summed E-state index contributed by atoms with van der Waals surface area (Å²) in [4.78, 5) is 0. The predicted molar refractivity (Wildman–Crippen MR) is 61.0 cm³/mol. The maximum absolute atomic E-state index is 5.92. The van der Waals surface area contributed by atoms with Crippen molar-refractivity contribution in [2.24, 2.45) is 5.73 Å². The summed E-state index contributed by atoms with van der Waals surface area (Å²) in [6, 6.07) is 8.98. The quantitative estimate of drug-likeness (QED) is 0.718. The van der Waals surface area contributed by atoms with Gasteiger partial charge in [-0.15, -0.1) is 0 Å². The van der Waals surface area contributed by atoms with Crippen molar-refractivity contribution in [1.29, 1.82) is 0 Å². The van der Waals surface area contributed by atoms with Crippen molar-refractivity contribution in [2.75, 3.05) is 0 Å². The van der Waals surface area contributed by atoms with E-state index in [9.17, 15) is 0 Å². The van der Waals surface area contributed by atoms with E-state index in [-0.39, 0.29) is 6.04 Å². The molecule has 2 N–H and O–H groups in total. The fourth-order valence-electron chi connectivity index (χ4n) is 1.96. The molecule has 1 aromatic carbocycles. The van der Waals surface area contributed by atoms with Crippen molar-refractivity contribution in [3.05, 3.63) is 41.5 Å². The van der Waals surface area contributed by atoms with Crippen LogP contribution in [-0.4, -0.2) is 6.04 Å². The minimum Gasteiger partial charge on any atom is -0.324 e. The molecule has 1 atom stereocenters. The molecule has 1 nitrogen and oxygen atoms in total. The highest BCUT2D eigenvalue weighted by molar-refractivity contribution is 5.67. The third-order valence-corrected chi connectivity index (χ3v) is 2.82. The van der Waals surface area contributed by atoms with Gasteiger partial charge in [-0.05, 0) is 37.3 Å². The lowest BCUT2D eigenvalue weighted by Gasteiger charge is -2.17. The lowest BCUT2D eigenvalue weighted by atomic mass is 9.91. The number of benzene rings is 1. The molecule has 2 rings (SSSR count). The molecular weight excluding hydrogens is 170 g/mol. The number of rotatable bonds is 1. The fourth-order valence-corrected chi connectivity index (χ4v) is 1.96. The van der Waals surface area contributed by atoms with Gasteiger partial charge < -0.3 is 5.73 Å². The zero-order valence-corrected chi connectivity index (χ0v) is 8.66. The second-order valence-corrected chi connectivity index (χ2v) is 4.11. The fraction of sp³-hybridized carbons (Fsp3) is 0.385. The molecule has 0 bridgehead atoms. The van der Waals surface area contributed by atoms with E-state index < -0.39 is 0 Å². The Morgan fingerprint density at radius 3 is 2.57 bits per heavy atom. The minimum absolute atomic E-state index is 0.264. The van der Waals surface area contributed by atoms with Crippen molar-refractivity contribution in [3.63, 3.8) is 0 Å². The highest BCUT2D eigenvalue weighted by Crippen LogP contribution is 2.26. The minimum atomic E-state index is 0.264. The number of nitrogens with two attached hydrogens (primary N) is 1. The molecule has 1 heteroatoms. The van der Waals surface area contributed by atoms with Crippen molar-refractivity contribution in [3.8, 4) is 0 Å². The van der Waals surface area contributed by atoms with Gasteiger partial charge in [-0.1, -0.05) is 35.9 Å². The molecule has 0 aromatic heterocycles. The van der Waals surface area contributed by atoms with Gasteiger partial charge in [-0.25, -0.2) is 0 Å². The lowest BCUT2D eigenvalue weighted by molar-refractivity contribution is 0.654. The van der Waals surface area contributed by atoms with Crippen LogP contribution in [0.1, 0.15) is 30.4 Å². The molecule has 0 aliphatic heterocycles. The summed E-state index contributed by atoms with van der Waals surface area (Å²) in [7, 11) is 0. The topological polar surface area (TPSA) is 26.0 Å². The maximum Gasteiger partial charge on any atom is 0.0229 e. The predicted octanol–water partition coefficient (Wildman–Crippen LogP) is 2.89. The van der Waals surface area contributed by atoms with E-state index in [2.05, 4.69) is 37.3 Å². The maximum atomic E-state index is 5.92. The molecule has 1 aliphatic carbocycles. The van der Waals surface area contributed by atoms with Gasteiger partial charge in [0.1, 0.15) is 0 Å². The normalized spacial score (nSPS) is 21.9. The molecule has 1 unspecified atom stereocenters. The second-order valence-electron chi connectivity index (χ2n) is 4.11. The van der Waals surface area contributed by atoms with Crippen LogP contribution in [0.5, 0.6) is 0 Å². The van der Waals surface area contributed by atoms with Gasteiger partial charge in [0.15, 0.2) is 0 Å². The zero-order chi connectivity index (χ0) is 9.97. The molecule has 0 spiro atoms. The van der Waals surface area contributed by atoms with E-state index in [0.29, 0.717) is 0 Å². The van der Waals surface area contributed by atoms with Crippen LogP contribution in [0.15, 0.2) is 30.3 Å². The lowest BCUT2D eigenvalue weighted by Crippen LogP contribution is -2.19. The van der Waals surface area contributed by atoms with E-state index in [1.165, 1.54) is 29.5 Å². The van der Waals surface area contributed by atoms with Crippen molar-refractivity contribution >= 4 is 5.57 Å². The molecule has 1 aromatic rings. The van der Waals surface area contributed by atoms with Gasteiger partial charge in [-0.2, -0.15) is 0 Å². The number of hydrogen-bond acceptors (Lipinski definition) is 1. The standard InChI is InChI=1S/C13H17N/c1-10-5-7-11(8-6-10)12-3-2-4-13(14)9-12/h5-9,13H,2-4,14H2,1H3. The highest BCUT2D eigenvalue weighted by Gasteiger charge is 2.10. The van der Waals surface area contributed by atoms with E-state index in [1.807, 2.05) is 0 Å². The molecule has 0 heterocycles. The zero-order valence-electron chi connectivity index (χ0n) is 8.66. The molecule has 0 radical (unpaired) electrons. The van der Waals surface area contributed by atoms with Crippen LogP contribution in [0.4, 0.5) is 0 Å². The van der Waals surface area contributed by atoms with Gasteiger partial charge in [-0.3, -0.25) is 0 Å².